The maximum absolute atomic E-state index is 15.4. The van der Waals surface area contributed by atoms with E-state index in [1.54, 1.807) is 26.0 Å². The molecule has 0 atom stereocenters. The minimum atomic E-state index is -0.867. The third-order valence-electron chi connectivity index (χ3n) is 6.67. The molecule has 1 saturated heterocycles. The van der Waals surface area contributed by atoms with Crippen molar-refractivity contribution >= 4 is 45.8 Å². The third kappa shape index (κ3) is 6.22. The molecule has 0 spiro atoms. The van der Waals surface area contributed by atoms with E-state index in [0.717, 1.165) is 24.7 Å². The molecule has 3 N–H and O–H groups in total. The zero-order valence-electron chi connectivity index (χ0n) is 22.6. The van der Waals surface area contributed by atoms with E-state index in [2.05, 4.69) is 10.2 Å². The molecule has 1 aliphatic rings. The van der Waals surface area contributed by atoms with Crippen molar-refractivity contribution in [3.05, 3.63) is 62.1 Å². The lowest BCUT2D eigenvalue weighted by atomic mass is 10.0. The van der Waals surface area contributed by atoms with E-state index in [0.29, 0.717) is 43.2 Å². The largest absolute Gasteiger partial charge is 0.462 e. The molecule has 1 aliphatic heterocycles. The van der Waals surface area contributed by atoms with Crippen molar-refractivity contribution in [2.75, 3.05) is 57.1 Å². The fourth-order valence-electron chi connectivity index (χ4n) is 4.58. The minimum absolute atomic E-state index is 0.0149. The number of hydrogen-bond donors (Lipinski definition) is 2. The summed E-state index contributed by atoms with van der Waals surface area (Å²) in [5.74, 6) is -2.11. The number of nitrogen functional groups attached to an aromatic ring is 1. The number of carbonyl (C=O) groups excluding carboxylic acids is 2. The number of benzene rings is 2. The number of anilines is 2. The van der Waals surface area contributed by atoms with Gasteiger partial charge < -0.3 is 29.8 Å². The van der Waals surface area contributed by atoms with E-state index in [-0.39, 0.29) is 40.4 Å². The van der Waals surface area contributed by atoms with Gasteiger partial charge in [-0.3, -0.25) is 14.5 Å². The molecule has 2 heterocycles. The first-order valence-corrected chi connectivity index (χ1v) is 13.3. The van der Waals surface area contributed by atoms with Gasteiger partial charge in [0.2, 0.25) is 5.43 Å². The van der Waals surface area contributed by atoms with Gasteiger partial charge >= 0.3 is 11.9 Å². The van der Waals surface area contributed by atoms with Crippen molar-refractivity contribution in [1.29, 1.82) is 0 Å². The number of carbonyl (C=O) groups is 2. The van der Waals surface area contributed by atoms with Crippen LogP contribution in [0.5, 0.6) is 0 Å². The van der Waals surface area contributed by atoms with E-state index in [9.17, 15) is 14.4 Å². The monoisotopic (exact) mass is 574 g/mol. The summed E-state index contributed by atoms with van der Waals surface area (Å²) in [5, 5.41) is 2.89. The summed E-state index contributed by atoms with van der Waals surface area (Å²) in [6.45, 7) is 8.44. The van der Waals surface area contributed by atoms with Crippen LogP contribution in [-0.4, -0.2) is 67.4 Å². The molecule has 4 rings (SSSR count). The summed E-state index contributed by atoms with van der Waals surface area (Å²) in [6, 6.07) is 4.42. The van der Waals surface area contributed by atoms with Gasteiger partial charge in [-0.2, -0.15) is 0 Å². The number of nitrogens with one attached hydrogen (secondary N) is 1. The van der Waals surface area contributed by atoms with Gasteiger partial charge in [-0.25, -0.2) is 9.18 Å². The Morgan fingerprint density at radius 2 is 1.93 bits per heavy atom. The van der Waals surface area contributed by atoms with Crippen LogP contribution in [0.25, 0.3) is 16.6 Å². The predicted octanol–water partition coefficient (Wildman–Crippen LogP) is 3.66. The number of fused-ring (bicyclic) bond motifs is 1. The topological polar surface area (TPSA) is 125 Å². The Kier molecular flexibility index (Phi) is 9.28. The van der Waals surface area contributed by atoms with Crippen molar-refractivity contribution < 1.29 is 28.2 Å². The Morgan fingerprint density at radius 3 is 2.60 bits per heavy atom. The van der Waals surface area contributed by atoms with Gasteiger partial charge in [0.15, 0.2) is 0 Å². The molecule has 0 saturated carbocycles. The van der Waals surface area contributed by atoms with Gasteiger partial charge in [0.1, 0.15) is 18.0 Å². The highest BCUT2D eigenvalue weighted by molar-refractivity contribution is 6.38. The second-order valence-electron chi connectivity index (χ2n) is 9.40. The van der Waals surface area contributed by atoms with Crippen LogP contribution in [-0.2, 0) is 25.6 Å². The first-order valence-electron chi connectivity index (χ1n) is 12.9. The van der Waals surface area contributed by atoms with E-state index >= 15 is 4.39 Å². The second kappa shape index (κ2) is 12.7. The van der Waals surface area contributed by atoms with E-state index in [1.165, 1.54) is 17.7 Å². The molecule has 1 fully saturated rings. The summed E-state index contributed by atoms with van der Waals surface area (Å²) < 4.78 is 32.6. The average Bonchev–Trinajstić information content (AvgIpc) is 2.92. The quantitative estimate of drug-likeness (QED) is 0.291. The molecule has 40 heavy (non-hydrogen) atoms. The van der Waals surface area contributed by atoms with Gasteiger partial charge in [-0.1, -0.05) is 11.6 Å². The normalized spacial score (nSPS) is 13.8. The Morgan fingerprint density at radius 1 is 1.20 bits per heavy atom. The van der Waals surface area contributed by atoms with Crippen LogP contribution in [0.2, 0.25) is 5.02 Å². The molecule has 10 nitrogen and oxygen atoms in total. The standard InChI is InChI=1S/C28H32ClFN4O6/c1-4-39-28(37)20-14-34(23-13-22(31)16(2)11-18(23)15-40-17(3)35)26-19(27(20)36)12-21(30)25(24(26)29)32-5-6-33-7-9-38-10-8-33/h11-14,32H,4-10,15,31H2,1-3H3. The molecular formula is C28H32ClFN4O6. The number of esters is 2. The summed E-state index contributed by atoms with van der Waals surface area (Å²) in [5.41, 5.74) is 7.43. The Bertz CT molecular complexity index is 1500. The highest BCUT2D eigenvalue weighted by atomic mass is 35.5. The van der Waals surface area contributed by atoms with Gasteiger partial charge in [-0.05, 0) is 37.6 Å². The lowest BCUT2D eigenvalue weighted by Gasteiger charge is -2.27. The molecule has 0 unspecified atom stereocenters. The predicted molar refractivity (Wildman–Crippen MR) is 151 cm³/mol. The van der Waals surface area contributed by atoms with Crippen molar-refractivity contribution in [1.82, 2.24) is 9.47 Å². The number of nitrogens with zero attached hydrogens (tertiary/aromatic N) is 2. The molecule has 1 aromatic heterocycles. The van der Waals surface area contributed by atoms with Gasteiger partial charge in [-0.15, -0.1) is 0 Å². The number of nitrogens with two attached hydrogens (primary N) is 1. The number of pyridine rings is 1. The highest BCUT2D eigenvalue weighted by Gasteiger charge is 2.24. The maximum Gasteiger partial charge on any atom is 0.343 e. The molecule has 0 amide bonds. The summed E-state index contributed by atoms with van der Waals surface area (Å²) in [7, 11) is 0. The molecule has 0 radical (unpaired) electrons. The Hall–Kier alpha value is -3.67. The summed E-state index contributed by atoms with van der Waals surface area (Å²) in [4.78, 5) is 40.0. The van der Waals surface area contributed by atoms with E-state index < -0.39 is 23.2 Å². The minimum Gasteiger partial charge on any atom is -0.462 e. The van der Waals surface area contributed by atoms with E-state index in [1.807, 2.05) is 0 Å². The average molecular weight is 575 g/mol. The SMILES string of the molecule is CCOC(=O)c1cn(-c2cc(N)c(C)cc2COC(C)=O)c2c(Cl)c(NCCN3CCOCC3)c(F)cc2c1=O. The Balaban J connectivity index is 1.91. The van der Waals surface area contributed by atoms with Crippen LogP contribution in [0, 0.1) is 12.7 Å². The van der Waals surface area contributed by atoms with E-state index in [4.69, 9.17) is 31.5 Å². The van der Waals surface area contributed by atoms with Crippen molar-refractivity contribution in [2.45, 2.75) is 27.4 Å². The number of aryl methyl sites for hydroxylation is 1. The molecule has 2 aromatic carbocycles. The van der Waals surface area contributed by atoms with Crippen LogP contribution in [0.3, 0.4) is 0 Å². The molecular weight excluding hydrogens is 543 g/mol. The second-order valence-corrected chi connectivity index (χ2v) is 9.78. The van der Waals surface area contributed by atoms with Gasteiger partial charge in [0, 0.05) is 50.6 Å². The van der Waals surface area contributed by atoms with Crippen LogP contribution in [0.1, 0.15) is 35.3 Å². The fourth-order valence-corrected chi connectivity index (χ4v) is 4.93. The molecule has 3 aromatic rings. The molecule has 12 heteroatoms. The lowest BCUT2D eigenvalue weighted by Crippen LogP contribution is -2.39. The zero-order valence-corrected chi connectivity index (χ0v) is 23.4. The van der Waals surface area contributed by atoms with Crippen LogP contribution in [0.15, 0.2) is 29.2 Å². The number of rotatable bonds is 9. The molecule has 0 aliphatic carbocycles. The zero-order chi connectivity index (χ0) is 29.0. The number of morpholine rings is 1. The summed E-state index contributed by atoms with van der Waals surface area (Å²) in [6.07, 6.45) is 1.30. The summed E-state index contributed by atoms with van der Waals surface area (Å²) >= 11 is 6.81. The van der Waals surface area contributed by atoms with Crippen LogP contribution >= 0.6 is 11.6 Å². The molecule has 214 valence electrons. The number of ether oxygens (including phenoxy) is 3. The van der Waals surface area contributed by atoms with Crippen molar-refractivity contribution in [3.63, 3.8) is 0 Å². The third-order valence-corrected chi connectivity index (χ3v) is 7.04. The van der Waals surface area contributed by atoms with Crippen molar-refractivity contribution in [3.8, 4) is 5.69 Å². The van der Waals surface area contributed by atoms with Gasteiger partial charge in [0.25, 0.3) is 0 Å². The first-order chi connectivity index (χ1) is 19.1. The number of aromatic nitrogens is 1. The first kappa shape index (κ1) is 29.3. The number of halogens is 2. The fraction of sp³-hybridized carbons (Fsp3) is 0.393. The van der Waals surface area contributed by atoms with Crippen LogP contribution < -0.4 is 16.5 Å². The lowest BCUT2D eigenvalue weighted by molar-refractivity contribution is -0.142. The van der Waals surface area contributed by atoms with Crippen molar-refractivity contribution in [2.24, 2.45) is 0 Å². The number of hydrogen-bond acceptors (Lipinski definition) is 9. The Labute approximate surface area is 235 Å². The van der Waals surface area contributed by atoms with Crippen LogP contribution in [0.4, 0.5) is 15.8 Å². The molecule has 0 bridgehead atoms. The van der Waals surface area contributed by atoms with Gasteiger partial charge in [0.05, 0.1) is 47.1 Å². The maximum atomic E-state index is 15.4. The highest BCUT2D eigenvalue weighted by Crippen LogP contribution is 2.36. The smallest absolute Gasteiger partial charge is 0.343 e.